The van der Waals surface area contributed by atoms with E-state index in [0.717, 1.165) is 48.0 Å². The number of anilines is 2. The van der Waals surface area contributed by atoms with Crippen LogP contribution >= 0.6 is 0 Å². The highest BCUT2D eigenvalue weighted by atomic mass is 16.5. The summed E-state index contributed by atoms with van der Waals surface area (Å²) >= 11 is 0. The largest absolute Gasteiger partial charge is 0.383 e. The first-order chi connectivity index (χ1) is 23.5. The standard InChI is InChI=1S/C18H19N5O.C17H17N5O2/c1-2-15-16-17(19)20-11-21-18(16)23(22-15)13-8-14(9-13)24-10-12-6-4-3-5-7-12;18-16-15-14(8-23)21-22(17(15)20-10-19-16)12-6-13(7-12)24-9-11-4-2-1-3-5-11/h2-7,11,13-14H,1,8-10H2,(H2,19,20,21);1-5,8,10,12-13H,6-7,9H2,(H2,18,19,20). The minimum Gasteiger partial charge on any atom is -0.383 e. The molecule has 2 saturated carbocycles. The first-order valence-corrected chi connectivity index (χ1v) is 15.9. The lowest BCUT2D eigenvalue weighted by Crippen LogP contribution is -2.34. The van der Waals surface area contributed by atoms with E-state index in [1.54, 1.807) is 10.8 Å². The van der Waals surface area contributed by atoms with Gasteiger partial charge in [0.25, 0.3) is 0 Å². The first kappa shape index (κ1) is 31.1. The van der Waals surface area contributed by atoms with Crippen LogP contribution in [0.15, 0.2) is 79.9 Å². The van der Waals surface area contributed by atoms with Gasteiger partial charge in [-0.2, -0.15) is 10.2 Å². The van der Waals surface area contributed by atoms with Crippen LogP contribution in [0.5, 0.6) is 0 Å². The van der Waals surface area contributed by atoms with Crippen LogP contribution in [0.3, 0.4) is 0 Å². The second-order valence-corrected chi connectivity index (χ2v) is 12.0. The van der Waals surface area contributed by atoms with Crippen LogP contribution in [0.2, 0.25) is 0 Å². The van der Waals surface area contributed by atoms with Crippen LogP contribution in [-0.2, 0) is 22.7 Å². The van der Waals surface area contributed by atoms with Crippen LogP contribution in [0, 0.1) is 0 Å². The molecule has 244 valence electrons. The molecule has 0 unspecified atom stereocenters. The Kier molecular flexibility index (Phi) is 8.86. The van der Waals surface area contributed by atoms with E-state index in [9.17, 15) is 4.79 Å². The number of hydrogen-bond acceptors (Lipinski definition) is 11. The van der Waals surface area contributed by atoms with Crippen LogP contribution in [0.25, 0.3) is 28.1 Å². The number of nitrogen functional groups attached to an aromatic ring is 2. The number of carbonyl (C=O) groups is 1. The number of nitrogens with zero attached hydrogens (tertiary/aromatic N) is 8. The van der Waals surface area contributed by atoms with Crippen molar-refractivity contribution in [2.75, 3.05) is 11.5 Å². The Balaban J connectivity index is 0.000000152. The predicted octanol–water partition coefficient (Wildman–Crippen LogP) is 5.11. The Morgan fingerprint density at radius 2 is 1.12 bits per heavy atom. The maximum atomic E-state index is 11.2. The van der Waals surface area contributed by atoms with Crippen LogP contribution in [0.1, 0.15) is 65.1 Å². The minimum atomic E-state index is 0.163. The molecule has 2 aromatic carbocycles. The van der Waals surface area contributed by atoms with E-state index in [4.69, 9.17) is 20.9 Å². The summed E-state index contributed by atoms with van der Waals surface area (Å²) in [6, 6.07) is 20.7. The van der Waals surface area contributed by atoms with E-state index < -0.39 is 0 Å². The molecule has 0 aliphatic heterocycles. The molecule has 8 rings (SSSR count). The van der Waals surface area contributed by atoms with Crippen LogP contribution in [-0.4, -0.2) is 58.0 Å². The predicted molar refractivity (Wildman–Crippen MR) is 182 cm³/mol. The van der Waals surface area contributed by atoms with Gasteiger partial charge in [-0.3, -0.25) is 4.79 Å². The molecule has 13 nitrogen and oxygen atoms in total. The molecular weight excluding hydrogens is 608 g/mol. The summed E-state index contributed by atoms with van der Waals surface area (Å²) in [7, 11) is 0. The molecule has 4 heterocycles. The van der Waals surface area contributed by atoms with Crippen molar-refractivity contribution in [1.82, 2.24) is 39.5 Å². The Morgan fingerprint density at radius 1 is 0.688 bits per heavy atom. The number of benzene rings is 2. The lowest BCUT2D eigenvalue weighted by Gasteiger charge is -2.35. The summed E-state index contributed by atoms with van der Waals surface area (Å²) in [4.78, 5) is 27.8. The number of aromatic nitrogens is 8. The molecule has 0 saturated heterocycles. The van der Waals surface area contributed by atoms with Crippen molar-refractivity contribution in [2.24, 2.45) is 0 Å². The van der Waals surface area contributed by atoms with Crippen molar-refractivity contribution >= 4 is 46.1 Å². The minimum absolute atomic E-state index is 0.163. The third-order valence-corrected chi connectivity index (χ3v) is 8.88. The number of carbonyl (C=O) groups excluding carboxylic acids is 1. The summed E-state index contributed by atoms with van der Waals surface area (Å²) < 4.78 is 15.6. The smallest absolute Gasteiger partial charge is 0.171 e. The summed E-state index contributed by atoms with van der Waals surface area (Å²) in [6.07, 6.45) is 9.22. The third-order valence-electron chi connectivity index (χ3n) is 8.88. The lowest BCUT2D eigenvalue weighted by molar-refractivity contribution is -0.0376. The van der Waals surface area contributed by atoms with Crippen molar-refractivity contribution in [3.63, 3.8) is 0 Å². The summed E-state index contributed by atoms with van der Waals surface area (Å²) in [5.41, 5.74) is 16.6. The number of rotatable bonds is 10. The van der Waals surface area contributed by atoms with Gasteiger partial charge in [-0.25, -0.2) is 29.3 Å². The van der Waals surface area contributed by atoms with Gasteiger partial charge in [0.15, 0.2) is 17.6 Å². The van der Waals surface area contributed by atoms with E-state index in [2.05, 4.69) is 48.8 Å². The number of ether oxygens (including phenoxy) is 2. The fourth-order valence-corrected chi connectivity index (χ4v) is 6.10. The molecule has 0 radical (unpaired) electrons. The highest BCUT2D eigenvalue weighted by molar-refractivity contribution is 5.99. The molecule has 0 atom stereocenters. The maximum Gasteiger partial charge on any atom is 0.171 e. The molecule has 2 aliphatic carbocycles. The van der Waals surface area contributed by atoms with Crippen molar-refractivity contribution in [1.29, 1.82) is 0 Å². The maximum absolute atomic E-state index is 11.2. The van der Waals surface area contributed by atoms with E-state index >= 15 is 0 Å². The molecule has 0 spiro atoms. The molecule has 2 aliphatic rings. The number of nitrogens with two attached hydrogens (primary N) is 2. The van der Waals surface area contributed by atoms with Crippen molar-refractivity contribution in [3.8, 4) is 0 Å². The number of fused-ring (bicyclic) bond motifs is 2. The van der Waals surface area contributed by atoms with Gasteiger partial charge >= 0.3 is 0 Å². The summed E-state index contributed by atoms with van der Waals surface area (Å²) in [5.74, 6) is 0.724. The Hall–Kier alpha value is -5.53. The van der Waals surface area contributed by atoms with E-state index in [0.29, 0.717) is 36.4 Å². The molecule has 4 N–H and O–H groups in total. The number of hydrogen-bond donors (Lipinski definition) is 2. The van der Waals surface area contributed by atoms with Crippen LogP contribution < -0.4 is 11.5 Å². The first-order valence-electron chi connectivity index (χ1n) is 15.9. The van der Waals surface area contributed by atoms with E-state index in [1.165, 1.54) is 18.2 Å². The molecular formula is C35H36N10O3. The van der Waals surface area contributed by atoms with Crippen LogP contribution in [0.4, 0.5) is 11.6 Å². The monoisotopic (exact) mass is 644 g/mol. The van der Waals surface area contributed by atoms with E-state index in [1.807, 2.05) is 53.2 Å². The highest BCUT2D eigenvalue weighted by Gasteiger charge is 2.35. The highest BCUT2D eigenvalue weighted by Crippen LogP contribution is 2.38. The van der Waals surface area contributed by atoms with Crippen molar-refractivity contribution < 1.29 is 14.3 Å². The molecule has 6 aromatic rings. The average molecular weight is 645 g/mol. The van der Waals surface area contributed by atoms with Gasteiger partial charge in [0, 0.05) is 0 Å². The summed E-state index contributed by atoms with van der Waals surface area (Å²) in [5, 5.41) is 10.3. The van der Waals surface area contributed by atoms with Gasteiger partial charge in [-0.05, 0) is 42.9 Å². The molecule has 0 bridgehead atoms. The van der Waals surface area contributed by atoms with Gasteiger partial charge in [0.05, 0.1) is 54.0 Å². The third kappa shape index (κ3) is 6.25. The van der Waals surface area contributed by atoms with Gasteiger partial charge in [-0.1, -0.05) is 67.2 Å². The normalized spacial score (nSPS) is 20.0. The Labute approximate surface area is 276 Å². The quantitative estimate of drug-likeness (QED) is 0.190. The van der Waals surface area contributed by atoms with Gasteiger partial charge in [0.2, 0.25) is 0 Å². The van der Waals surface area contributed by atoms with E-state index in [-0.39, 0.29) is 35.8 Å². The molecule has 0 amide bonds. The zero-order valence-corrected chi connectivity index (χ0v) is 26.3. The fraction of sp³-hybridized carbons (Fsp3) is 0.286. The Morgan fingerprint density at radius 3 is 1.56 bits per heavy atom. The second-order valence-electron chi connectivity index (χ2n) is 12.0. The van der Waals surface area contributed by atoms with Gasteiger partial charge in [-0.15, -0.1) is 0 Å². The van der Waals surface area contributed by atoms with Crippen molar-refractivity contribution in [2.45, 2.75) is 63.2 Å². The lowest BCUT2D eigenvalue weighted by atomic mass is 9.89. The topological polar surface area (TPSA) is 175 Å². The molecule has 2 fully saturated rings. The molecule has 48 heavy (non-hydrogen) atoms. The zero-order valence-electron chi connectivity index (χ0n) is 26.3. The zero-order chi connectivity index (χ0) is 33.0. The average Bonchev–Trinajstić information content (AvgIpc) is 3.65. The SMILES string of the molecule is C=Cc1nn(C2CC(OCc3ccccc3)C2)c2ncnc(N)c12.Nc1ncnc2c1c(C=O)nn2C1CC(OCc2ccccc2)C1. The Bertz CT molecular complexity index is 1890. The number of aldehydes is 1. The van der Waals surface area contributed by atoms with Gasteiger partial charge < -0.3 is 20.9 Å². The second kappa shape index (κ2) is 13.7. The summed E-state index contributed by atoms with van der Waals surface area (Å²) in [6.45, 7) is 5.05. The van der Waals surface area contributed by atoms with Crippen molar-refractivity contribution in [3.05, 3.63) is 102 Å². The molecule has 13 heteroatoms. The van der Waals surface area contributed by atoms with Gasteiger partial charge in [0.1, 0.15) is 30.0 Å². The molecule has 4 aromatic heterocycles. The fourth-order valence-electron chi connectivity index (χ4n) is 6.10.